The van der Waals surface area contributed by atoms with E-state index in [1.165, 1.54) is 16.3 Å². The highest BCUT2D eigenvalue weighted by atomic mass is 32.1. The van der Waals surface area contributed by atoms with Crippen molar-refractivity contribution < 1.29 is 19.6 Å². The van der Waals surface area contributed by atoms with Crippen LogP contribution in [0.2, 0.25) is 0 Å². The zero-order valence-corrected chi connectivity index (χ0v) is 10.8. The van der Waals surface area contributed by atoms with Crippen LogP contribution in [-0.4, -0.2) is 39.4 Å². The second-order valence-electron chi connectivity index (χ2n) is 4.28. The maximum atomic E-state index is 12.2. The van der Waals surface area contributed by atoms with Crippen molar-refractivity contribution in [2.45, 2.75) is 25.3 Å². The second-order valence-corrected chi connectivity index (χ2v) is 5.17. The zero-order chi connectivity index (χ0) is 14.0. The Morgan fingerprint density at radius 3 is 2.79 bits per heavy atom. The first-order chi connectivity index (χ1) is 9.00. The van der Waals surface area contributed by atoms with Crippen molar-refractivity contribution in [3.63, 3.8) is 0 Å². The van der Waals surface area contributed by atoms with E-state index in [0.29, 0.717) is 13.0 Å². The summed E-state index contributed by atoms with van der Waals surface area (Å²) in [5.41, 5.74) is 0.185. The van der Waals surface area contributed by atoms with Crippen LogP contribution in [0.4, 0.5) is 5.00 Å². The van der Waals surface area contributed by atoms with Crippen molar-refractivity contribution in [2.24, 2.45) is 0 Å². The molecule has 0 radical (unpaired) electrons. The van der Waals surface area contributed by atoms with E-state index in [-0.39, 0.29) is 10.6 Å². The number of nitrogens with zero attached hydrogens (tertiary/aromatic N) is 2. The maximum absolute atomic E-state index is 12.2. The third-order valence-electron chi connectivity index (χ3n) is 3.06. The van der Waals surface area contributed by atoms with Crippen LogP contribution in [0, 0.1) is 10.1 Å². The van der Waals surface area contributed by atoms with Gasteiger partial charge in [0.05, 0.1) is 10.5 Å². The molecule has 0 unspecified atom stereocenters. The van der Waals surface area contributed by atoms with Gasteiger partial charge in [0.2, 0.25) is 0 Å². The summed E-state index contributed by atoms with van der Waals surface area (Å²) >= 11 is 0.866. The summed E-state index contributed by atoms with van der Waals surface area (Å²) in [5.74, 6) is -1.48. The molecule has 1 fully saturated rings. The summed E-state index contributed by atoms with van der Waals surface area (Å²) < 4.78 is 0. The lowest BCUT2D eigenvalue weighted by Gasteiger charge is -2.32. The minimum absolute atomic E-state index is 0.118. The number of amides is 1. The standard InChI is InChI=1S/C11H12N2O5S/c14-10(7-5-9(13(17)18)19-6-7)12-4-2-1-3-8(12)11(15)16/h5-6,8H,1-4H2,(H,15,16)/t8-/m0/s1. The molecule has 102 valence electrons. The molecule has 2 rings (SSSR count). The molecular formula is C11H12N2O5S. The van der Waals surface area contributed by atoms with Crippen LogP contribution < -0.4 is 0 Å². The maximum Gasteiger partial charge on any atom is 0.326 e. The number of piperidine rings is 1. The van der Waals surface area contributed by atoms with Crippen molar-refractivity contribution >= 4 is 28.2 Å². The molecule has 1 aromatic heterocycles. The number of hydrogen-bond donors (Lipinski definition) is 1. The molecule has 1 saturated heterocycles. The van der Waals surface area contributed by atoms with E-state index >= 15 is 0 Å². The Bertz CT molecular complexity index is 527. The number of carboxylic acid groups (broad SMARTS) is 1. The number of aliphatic carboxylic acids is 1. The molecule has 1 aliphatic rings. The van der Waals surface area contributed by atoms with Gasteiger partial charge in [0.25, 0.3) is 5.91 Å². The van der Waals surface area contributed by atoms with Crippen LogP contribution in [0.3, 0.4) is 0 Å². The van der Waals surface area contributed by atoms with Crippen molar-refractivity contribution in [3.05, 3.63) is 27.1 Å². The number of hydrogen-bond acceptors (Lipinski definition) is 5. The van der Waals surface area contributed by atoms with Crippen LogP contribution in [0.1, 0.15) is 29.6 Å². The van der Waals surface area contributed by atoms with Crippen LogP contribution in [0.15, 0.2) is 11.4 Å². The first-order valence-electron chi connectivity index (χ1n) is 5.77. The predicted molar refractivity (Wildman–Crippen MR) is 67.3 cm³/mol. The zero-order valence-electron chi connectivity index (χ0n) is 9.94. The van der Waals surface area contributed by atoms with E-state index < -0.39 is 22.8 Å². The summed E-state index contributed by atoms with van der Waals surface area (Å²) in [6, 6.07) is 0.362. The lowest BCUT2D eigenvalue weighted by Crippen LogP contribution is -2.47. The Balaban J connectivity index is 2.21. The van der Waals surface area contributed by atoms with Gasteiger partial charge in [-0.25, -0.2) is 4.79 Å². The Hall–Kier alpha value is -1.96. The summed E-state index contributed by atoms with van der Waals surface area (Å²) in [6.45, 7) is 0.374. The lowest BCUT2D eigenvalue weighted by atomic mass is 10.0. The van der Waals surface area contributed by atoms with Crippen molar-refractivity contribution in [2.75, 3.05) is 6.54 Å². The number of carboxylic acids is 1. The molecule has 1 amide bonds. The Labute approximate surface area is 112 Å². The van der Waals surface area contributed by atoms with Crippen molar-refractivity contribution in [1.82, 2.24) is 4.90 Å². The quantitative estimate of drug-likeness (QED) is 0.673. The van der Waals surface area contributed by atoms with Crippen molar-refractivity contribution in [3.8, 4) is 0 Å². The van der Waals surface area contributed by atoms with Crippen molar-refractivity contribution in [1.29, 1.82) is 0 Å². The van der Waals surface area contributed by atoms with Gasteiger partial charge in [0.15, 0.2) is 0 Å². The first kappa shape index (κ1) is 13.5. The Morgan fingerprint density at radius 1 is 1.47 bits per heavy atom. The number of thiophene rings is 1. The fourth-order valence-electron chi connectivity index (χ4n) is 2.13. The van der Waals surface area contributed by atoms with Crippen LogP contribution in [-0.2, 0) is 4.79 Å². The molecule has 0 aliphatic carbocycles. The molecule has 0 aromatic carbocycles. The predicted octanol–water partition coefficient (Wildman–Crippen LogP) is 1.74. The smallest absolute Gasteiger partial charge is 0.326 e. The van der Waals surface area contributed by atoms with Gasteiger partial charge < -0.3 is 10.0 Å². The molecular weight excluding hydrogens is 272 g/mol. The molecule has 1 aliphatic heterocycles. The van der Waals surface area contributed by atoms with Gasteiger partial charge in [-0.2, -0.15) is 0 Å². The molecule has 7 nitrogen and oxygen atoms in total. The molecule has 0 spiro atoms. The minimum atomic E-state index is -1.03. The minimum Gasteiger partial charge on any atom is -0.480 e. The topological polar surface area (TPSA) is 101 Å². The molecule has 1 N–H and O–H groups in total. The Morgan fingerprint density at radius 2 is 2.21 bits per heavy atom. The van der Waals surface area contributed by atoms with E-state index in [1.807, 2.05) is 0 Å². The molecule has 2 heterocycles. The third kappa shape index (κ3) is 2.73. The van der Waals surface area contributed by atoms with Gasteiger partial charge in [-0.15, -0.1) is 0 Å². The van der Waals surface area contributed by atoms with Gasteiger partial charge in [-0.3, -0.25) is 14.9 Å². The van der Waals surface area contributed by atoms with Crippen LogP contribution >= 0.6 is 11.3 Å². The van der Waals surface area contributed by atoms with Crippen LogP contribution in [0.25, 0.3) is 0 Å². The summed E-state index contributed by atoms with van der Waals surface area (Å²) in [4.78, 5) is 34.6. The fraction of sp³-hybridized carbons (Fsp3) is 0.455. The van der Waals surface area contributed by atoms with Gasteiger partial charge in [-0.1, -0.05) is 11.3 Å². The fourth-order valence-corrected chi connectivity index (χ4v) is 2.83. The van der Waals surface area contributed by atoms with E-state index in [1.54, 1.807) is 0 Å². The van der Waals surface area contributed by atoms with Gasteiger partial charge in [0.1, 0.15) is 6.04 Å². The first-order valence-corrected chi connectivity index (χ1v) is 6.65. The number of nitro groups is 1. The van der Waals surface area contributed by atoms with Gasteiger partial charge >= 0.3 is 11.0 Å². The summed E-state index contributed by atoms with van der Waals surface area (Å²) in [6.07, 6.45) is 1.94. The summed E-state index contributed by atoms with van der Waals surface area (Å²) in [7, 11) is 0. The van der Waals surface area contributed by atoms with E-state index in [2.05, 4.69) is 0 Å². The molecule has 0 saturated carbocycles. The lowest BCUT2D eigenvalue weighted by molar-refractivity contribution is -0.380. The highest BCUT2D eigenvalue weighted by Gasteiger charge is 2.33. The number of likely N-dealkylation sites (tertiary alicyclic amines) is 1. The SMILES string of the molecule is O=C(O)[C@@H]1CCCCN1C(=O)c1csc([N+](=O)[O-])c1. The average molecular weight is 284 g/mol. The highest BCUT2D eigenvalue weighted by molar-refractivity contribution is 7.13. The normalized spacial score (nSPS) is 19.2. The monoisotopic (exact) mass is 284 g/mol. The van der Waals surface area contributed by atoms with E-state index in [4.69, 9.17) is 5.11 Å². The highest BCUT2D eigenvalue weighted by Crippen LogP contribution is 2.26. The van der Waals surface area contributed by atoms with Gasteiger partial charge in [-0.05, 0) is 19.3 Å². The largest absolute Gasteiger partial charge is 0.480 e. The van der Waals surface area contributed by atoms with Crippen LogP contribution in [0.5, 0.6) is 0 Å². The second kappa shape index (κ2) is 5.35. The molecule has 0 bridgehead atoms. The Kier molecular flexibility index (Phi) is 3.79. The molecule has 19 heavy (non-hydrogen) atoms. The van der Waals surface area contributed by atoms with E-state index in [0.717, 1.165) is 24.2 Å². The third-order valence-corrected chi connectivity index (χ3v) is 3.94. The molecule has 1 atom stereocenters. The number of rotatable bonds is 3. The average Bonchev–Trinajstić information content (AvgIpc) is 2.87. The molecule has 1 aromatic rings. The van der Waals surface area contributed by atoms with E-state index in [9.17, 15) is 19.7 Å². The molecule has 8 heteroatoms. The number of carbonyl (C=O) groups is 2. The summed E-state index contributed by atoms with van der Waals surface area (Å²) in [5, 5.41) is 21.0. The number of carbonyl (C=O) groups excluding carboxylic acids is 1. The van der Waals surface area contributed by atoms with Gasteiger partial charge in [0, 0.05) is 18.0 Å².